The Morgan fingerprint density at radius 1 is 0.714 bits per heavy atom. The molecule has 190 valence electrons. The molecule has 0 aliphatic heterocycles. The summed E-state index contributed by atoms with van der Waals surface area (Å²) < 4.78 is 5.16. The highest BCUT2D eigenvalue weighted by Gasteiger charge is 2.24. The zero-order valence-corrected chi connectivity index (χ0v) is 22.7. The Kier molecular flexibility index (Phi) is 12.1. The van der Waals surface area contributed by atoms with Crippen molar-refractivity contribution in [3.8, 4) is 0 Å². The maximum atomic E-state index is 2.59. The van der Waals surface area contributed by atoms with E-state index in [0.717, 1.165) is 25.9 Å². The molecule has 1 unspecified atom stereocenters. The van der Waals surface area contributed by atoms with Gasteiger partial charge in [-0.15, -0.1) is 0 Å². The number of imidazole rings is 1. The first-order valence-electron chi connectivity index (χ1n) is 14.4. The van der Waals surface area contributed by atoms with E-state index in [-0.39, 0.29) is 0 Å². The van der Waals surface area contributed by atoms with Gasteiger partial charge < -0.3 is 0 Å². The lowest BCUT2D eigenvalue weighted by Crippen LogP contribution is -2.40. The number of aromatic nitrogens is 2. The zero-order valence-electron chi connectivity index (χ0n) is 22.7. The summed E-state index contributed by atoms with van der Waals surface area (Å²) in [5.74, 6) is 1.98. The predicted octanol–water partition coefficient (Wildman–Crippen LogP) is 8.65. The molecular weight excluding hydrogens is 424 g/mol. The van der Waals surface area contributed by atoms with Gasteiger partial charge in [0.1, 0.15) is 11.9 Å². The van der Waals surface area contributed by atoms with Gasteiger partial charge in [0.25, 0.3) is 5.82 Å². The maximum Gasteiger partial charge on any atom is 0.261 e. The summed E-state index contributed by atoms with van der Waals surface area (Å²) in [6.07, 6.45) is 18.4. The van der Waals surface area contributed by atoms with Crippen LogP contribution in [-0.2, 0) is 25.9 Å². The Balaban J connectivity index is 1.62. The minimum Gasteiger partial charge on any atom is -0.234 e. The largest absolute Gasteiger partial charge is 0.261 e. The van der Waals surface area contributed by atoms with Gasteiger partial charge in [-0.25, -0.2) is 9.13 Å². The van der Waals surface area contributed by atoms with Crippen molar-refractivity contribution in [3.05, 3.63) is 89.5 Å². The van der Waals surface area contributed by atoms with Gasteiger partial charge in [0.2, 0.25) is 0 Å². The molecule has 0 amide bonds. The minimum absolute atomic E-state index is 0.520. The molecule has 2 nitrogen and oxygen atoms in total. The van der Waals surface area contributed by atoms with Crippen LogP contribution >= 0.6 is 0 Å². The summed E-state index contributed by atoms with van der Waals surface area (Å²) in [6, 6.07) is 22.0. The fraction of sp³-hybridized carbons (Fsp3) is 0.545. The molecule has 3 aromatic rings. The van der Waals surface area contributed by atoms with Crippen molar-refractivity contribution in [2.45, 2.75) is 117 Å². The van der Waals surface area contributed by atoms with E-state index in [1.165, 1.54) is 86.9 Å². The van der Waals surface area contributed by atoms with Crippen LogP contribution in [0.2, 0.25) is 0 Å². The second-order valence-electron chi connectivity index (χ2n) is 10.3. The van der Waals surface area contributed by atoms with Crippen LogP contribution in [-0.4, -0.2) is 4.57 Å². The fourth-order valence-corrected chi connectivity index (χ4v) is 5.35. The van der Waals surface area contributed by atoms with E-state index >= 15 is 0 Å². The summed E-state index contributed by atoms with van der Waals surface area (Å²) in [7, 11) is 0. The molecule has 3 rings (SSSR count). The van der Waals surface area contributed by atoms with Crippen LogP contribution < -0.4 is 4.57 Å². The van der Waals surface area contributed by atoms with Crippen molar-refractivity contribution in [1.82, 2.24) is 4.57 Å². The SMILES string of the molecule is CCCCCCCCCCCCn1cc(CC(C)c2ccccc2)[n+](CC)c1Cc1ccccc1. The molecule has 1 aromatic heterocycles. The van der Waals surface area contributed by atoms with Gasteiger partial charge in [0, 0.05) is 6.42 Å². The molecule has 0 spiro atoms. The highest BCUT2D eigenvalue weighted by molar-refractivity contribution is 5.21. The van der Waals surface area contributed by atoms with Gasteiger partial charge in [-0.05, 0) is 36.8 Å². The number of hydrogen-bond donors (Lipinski definition) is 0. The molecule has 2 heteroatoms. The smallest absolute Gasteiger partial charge is 0.234 e. The standard InChI is InChI=1S/C33H49N2/c1-4-6-7-8-9-10-11-12-13-20-25-34-28-32(26-29(3)31-23-18-15-19-24-31)35(5-2)33(34)27-30-21-16-14-17-22-30/h14-19,21-24,28-29H,4-13,20,25-27H2,1-3H3/q+1. The monoisotopic (exact) mass is 473 g/mol. The molecule has 1 atom stereocenters. The van der Waals surface area contributed by atoms with E-state index < -0.39 is 0 Å². The molecule has 0 fully saturated rings. The first-order valence-corrected chi connectivity index (χ1v) is 14.4. The highest BCUT2D eigenvalue weighted by Crippen LogP contribution is 2.21. The Hall–Kier alpha value is -2.35. The van der Waals surface area contributed by atoms with E-state index in [9.17, 15) is 0 Å². The fourth-order valence-electron chi connectivity index (χ4n) is 5.35. The molecule has 0 radical (unpaired) electrons. The first kappa shape index (κ1) is 27.2. The van der Waals surface area contributed by atoms with Crippen LogP contribution in [0, 0.1) is 0 Å². The third-order valence-corrected chi connectivity index (χ3v) is 7.45. The Bertz CT molecular complexity index is 942. The normalized spacial score (nSPS) is 12.2. The van der Waals surface area contributed by atoms with Crippen LogP contribution in [0.4, 0.5) is 0 Å². The summed E-state index contributed by atoms with van der Waals surface area (Å²) in [6.45, 7) is 9.13. The van der Waals surface area contributed by atoms with E-state index in [1.807, 2.05) is 0 Å². The molecule has 1 heterocycles. The number of nitrogens with zero attached hydrogens (tertiary/aromatic N) is 2. The Morgan fingerprint density at radius 3 is 1.89 bits per heavy atom. The third kappa shape index (κ3) is 8.98. The Morgan fingerprint density at radius 2 is 1.29 bits per heavy atom. The second-order valence-corrected chi connectivity index (χ2v) is 10.3. The number of unbranched alkanes of at least 4 members (excludes halogenated alkanes) is 9. The molecule has 35 heavy (non-hydrogen) atoms. The highest BCUT2D eigenvalue weighted by atomic mass is 15.2. The van der Waals surface area contributed by atoms with E-state index in [4.69, 9.17) is 0 Å². The average molecular weight is 474 g/mol. The van der Waals surface area contributed by atoms with Gasteiger partial charge in [-0.2, -0.15) is 0 Å². The third-order valence-electron chi connectivity index (χ3n) is 7.45. The summed E-state index contributed by atoms with van der Waals surface area (Å²) in [5, 5.41) is 0. The van der Waals surface area contributed by atoms with Gasteiger partial charge in [-0.1, -0.05) is 126 Å². The van der Waals surface area contributed by atoms with E-state index in [1.54, 1.807) is 0 Å². The Labute approximate surface area is 215 Å². The van der Waals surface area contributed by atoms with Crippen molar-refractivity contribution in [2.75, 3.05) is 0 Å². The number of aryl methyl sites for hydroxylation is 1. The summed E-state index contributed by atoms with van der Waals surface area (Å²) >= 11 is 0. The van der Waals surface area contributed by atoms with E-state index in [0.29, 0.717) is 5.92 Å². The van der Waals surface area contributed by atoms with Crippen LogP contribution in [0.1, 0.15) is 114 Å². The lowest BCUT2D eigenvalue weighted by molar-refractivity contribution is -0.707. The molecule has 0 saturated carbocycles. The van der Waals surface area contributed by atoms with Crippen molar-refractivity contribution in [3.63, 3.8) is 0 Å². The topological polar surface area (TPSA) is 8.81 Å². The van der Waals surface area contributed by atoms with Crippen LogP contribution in [0.25, 0.3) is 0 Å². The van der Waals surface area contributed by atoms with Crippen LogP contribution in [0.3, 0.4) is 0 Å². The van der Waals surface area contributed by atoms with Crippen LogP contribution in [0.15, 0.2) is 66.9 Å². The lowest BCUT2D eigenvalue weighted by Gasteiger charge is -2.11. The minimum atomic E-state index is 0.520. The average Bonchev–Trinajstić information content (AvgIpc) is 3.21. The molecule has 0 saturated heterocycles. The van der Waals surface area contributed by atoms with Crippen molar-refractivity contribution >= 4 is 0 Å². The second kappa shape index (κ2) is 15.6. The number of hydrogen-bond acceptors (Lipinski definition) is 0. The van der Waals surface area contributed by atoms with Crippen molar-refractivity contribution in [1.29, 1.82) is 0 Å². The lowest BCUT2D eigenvalue weighted by atomic mass is 9.96. The van der Waals surface area contributed by atoms with Crippen molar-refractivity contribution in [2.24, 2.45) is 0 Å². The summed E-state index contributed by atoms with van der Waals surface area (Å²) in [4.78, 5) is 0. The molecular formula is C33H49N2+. The maximum absolute atomic E-state index is 2.59. The molecule has 0 bridgehead atoms. The quantitative estimate of drug-likeness (QED) is 0.137. The molecule has 0 N–H and O–H groups in total. The van der Waals surface area contributed by atoms with Crippen molar-refractivity contribution < 1.29 is 4.57 Å². The predicted molar refractivity (Wildman–Crippen MR) is 150 cm³/mol. The number of benzene rings is 2. The summed E-state index contributed by atoms with van der Waals surface area (Å²) in [5.41, 5.74) is 4.31. The first-order chi connectivity index (χ1) is 17.2. The van der Waals surface area contributed by atoms with Gasteiger partial charge in [0.15, 0.2) is 0 Å². The van der Waals surface area contributed by atoms with Crippen LogP contribution in [0.5, 0.6) is 0 Å². The molecule has 0 aliphatic rings. The molecule has 2 aromatic carbocycles. The van der Waals surface area contributed by atoms with Gasteiger partial charge in [0.05, 0.1) is 19.5 Å². The van der Waals surface area contributed by atoms with E-state index in [2.05, 4.69) is 96.8 Å². The van der Waals surface area contributed by atoms with Gasteiger partial charge >= 0.3 is 0 Å². The zero-order chi connectivity index (χ0) is 24.7. The number of rotatable bonds is 17. The van der Waals surface area contributed by atoms with Gasteiger partial charge in [-0.3, -0.25) is 0 Å². The molecule has 0 aliphatic carbocycles.